The SMILES string of the molecule is O=C(Nc1c(-c2ccc(Cl)cc2)n[nH]c1C(=O)O)c1cccc([N+](=O)[O-])c1. The molecule has 10 heteroatoms. The molecule has 0 radical (unpaired) electrons. The molecule has 0 saturated heterocycles. The summed E-state index contributed by atoms with van der Waals surface area (Å²) in [6.45, 7) is 0. The Balaban J connectivity index is 2.00. The van der Waals surface area contributed by atoms with E-state index in [1.807, 2.05) is 0 Å². The van der Waals surface area contributed by atoms with Crippen LogP contribution in [0.5, 0.6) is 0 Å². The summed E-state index contributed by atoms with van der Waals surface area (Å²) in [4.78, 5) is 34.2. The van der Waals surface area contributed by atoms with E-state index in [0.29, 0.717) is 10.6 Å². The number of nitro groups is 1. The summed E-state index contributed by atoms with van der Waals surface area (Å²) >= 11 is 5.85. The van der Waals surface area contributed by atoms with E-state index in [1.165, 1.54) is 18.2 Å². The predicted octanol–water partition coefficient (Wildman–Crippen LogP) is 3.59. The second-order valence-electron chi connectivity index (χ2n) is 5.40. The zero-order valence-corrected chi connectivity index (χ0v) is 14.2. The molecule has 3 N–H and O–H groups in total. The number of H-pyrrole nitrogens is 1. The molecule has 0 fully saturated rings. The number of amides is 1. The van der Waals surface area contributed by atoms with E-state index in [1.54, 1.807) is 24.3 Å². The average Bonchev–Trinajstić information content (AvgIpc) is 3.06. The van der Waals surface area contributed by atoms with Crippen LogP contribution in [0.15, 0.2) is 48.5 Å². The molecule has 0 aliphatic carbocycles. The summed E-state index contributed by atoms with van der Waals surface area (Å²) in [6, 6.07) is 11.5. The second-order valence-corrected chi connectivity index (χ2v) is 5.83. The first-order chi connectivity index (χ1) is 12.9. The summed E-state index contributed by atoms with van der Waals surface area (Å²) in [6.07, 6.45) is 0. The molecule has 1 heterocycles. The molecular weight excluding hydrogens is 376 g/mol. The molecule has 0 atom stereocenters. The van der Waals surface area contributed by atoms with Crippen molar-refractivity contribution >= 4 is 34.9 Å². The molecule has 1 amide bonds. The Hall–Kier alpha value is -3.72. The van der Waals surface area contributed by atoms with E-state index in [2.05, 4.69) is 15.5 Å². The van der Waals surface area contributed by atoms with Gasteiger partial charge in [-0.15, -0.1) is 0 Å². The van der Waals surface area contributed by atoms with Crippen LogP contribution in [0.4, 0.5) is 11.4 Å². The summed E-state index contributed by atoms with van der Waals surface area (Å²) in [5, 5.41) is 29.5. The largest absolute Gasteiger partial charge is 0.476 e. The van der Waals surface area contributed by atoms with Crippen LogP contribution in [0.1, 0.15) is 20.8 Å². The van der Waals surface area contributed by atoms with Gasteiger partial charge in [0.25, 0.3) is 11.6 Å². The number of carboxylic acids is 1. The molecular formula is C17H11ClN4O5. The Kier molecular flexibility index (Phi) is 4.86. The number of benzene rings is 2. The Bertz CT molecular complexity index is 1050. The summed E-state index contributed by atoms with van der Waals surface area (Å²) < 4.78 is 0. The smallest absolute Gasteiger partial charge is 0.356 e. The molecule has 2 aromatic carbocycles. The number of hydrogen-bond donors (Lipinski definition) is 3. The van der Waals surface area contributed by atoms with Crippen LogP contribution in [0.2, 0.25) is 5.02 Å². The monoisotopic (exact) mass is 386 g/mol. The number of hydrogen-bond acceptors (Lipinski definition) is 5. The lowest BCUT2D eigenvalue weighted by Gasteiger charge is -2.07. The minimum Gasteiger partial charge on any atom is -0.476 e. The third kappa shape index (κ3) is 3.77. The molecule has 0 unspecified atom stereocenters. The molecule has 0 saturated carbocycles. The lowest BCUT2D eigenvalue weighted by atomic mass is 10.1. The Morgan fingerprint density at radius 3 is 2.52 bits per heavy atom. The normalized spacial score (nSPS) is 10.4. The van der Waals surface area contributed by atoms with Gasteiger partial charge in [-0.3, -0.25) is 20.0 Å². The minimum absolute atomic E-state index is 0.00351. The third-order valence-corrected chi connectivity index (χ3v) is 3.91. The predicted molar refractivity (Wildman–Crippen MR) is 97.0 cm³/mol. The number of nitro benzene ring substituents is 1. The number of aromatic carboxylic acids is 1. The summed E-state index contributed by atoms with van der Waals surface area (Å²) in [5.41, 5.74) is 0.0930. The number of rotatable bonds is 5. The van der Waals surface area contributed by atoms with Gasteiger partial charge in [0, 0.05) is 28.3 Å². The number of carbonyl (C=O) groups excluding carboxylic acids is 1. The first-order valence-corrected chi connectivity index (χ1v) is 7.88. The van der Waals surface area contributed by atoms with Crippen molar-refractivity contribution in [1.82, 2.24) is 10.2 Å². The van der Waals surface area contributed by atoms with Crippen LogP contribution >= 0.6 is 11.6 Å². The maximum absolute atomic E-state index is 12.5. The van der Waals surface area contributed by atoms with Gasteiger partial charge >= 0.3 is 5.97 Å². The molecule has 3 rings (SSSR count). The van der Waals surface area contributed by atoms with Crippen molar-refractivity contribution < 1.29 is 19.6 Å². The first-order valence-electron chi connectivity index (χ1n) is 7.50. The van der Waals surface area contributed by atoms with Gasteiger partial charge in [0.15, 0.2) is 5.69 Å². The lowest BCUT2D eigenvalue weighted by Crippen LogP contribution is -2.15. The lowest BCUT2D eigenvalue weighted by molar-refractivity contribution is -0.384. The Morgan fingerprint density at radius 1 is 1.19 bits per heavy atom. The van der Waals surface area contributed by atoms with Crippen LogP contribution in [-0.4, -0.2) is 32.1 Å². The molecule has 0 bridgehead atoms. The molecule has 27 heavy (non-hydrogen) atoms. The van der Waals surface area contributed by atoms with Gasteiger partial charge in [0.2, 0.25) is 0 Å². The number of carbonyl (C=O) groups is 2. The standard InChI is InChI=1S/C17H11ClN4O5/c18-11-6-4-9(5-7-11)13-14(15(17(24)25)21-20-13)19-16(23)10-2-1-3-12(8-10)22(26)27/h1-8H,(H,19,23)(H,20,21)(H,24,25). The highest BCUT2D eigenvalue weighted by Crippen LogP contribution is 2.30. The van der Waals surface area contributed by atoms with Gasteiger partial charge in [-0.25, -0.2) is 4.79 Å². The van der Waals surface area contributed by atoms with E-state index in [-0.39, 0.29) is 28.3 Å². The number of aromatic amines is 1. The highest BCUT2D eigenvalue weighted by atomic mass is 35.5. The van der Waals surface area contributed by atoms with Crippen LogP contribution in [-0.2, 0) is 0 Å². The Labute approximate surface area is 156 Å². The Morgan fingerprint density at radius 2 is 1.89 bits per heavy atom. The quantitative estimate of drug-likeness (QED) is 0.452. The highest BCUT2D eigenvalue weighted by molar-refractivity contribution is 6.30. The molecule has 1 aromatic heterocycles. The third-order valence-electron chi connectivity index (χ3n) is 3.66. The van der Waals surface area contributed by atoms with E-state index in [9.17, 15) is 24.8 Å². The van der Waals surface area contributed by atoms with Gasteiger partial charge in [0.05, 0.1) is 4.92 Å². The number of aromatic nitrogens is 2. The van der Waals surface area contributed by atoms with Crippen LogP contribution < -0.4 is 5.32 Å². The zero-order chi connectivity index (χ0) is 19.6. The fourth-order valence-corrected chi connectivity index (χ4v) is 2.51. The maximum Gasteiger partial charge on any atom is 0.356 e. The van der Waals surface area contributed by atoms with Crippen molar-refractivity contribution in [2.24, 2.45) is 0 Å². The van der Waals surface area contributed by atoms with E-state index < -0.39 is 16.8 Å². The van der Waals surface area contributed by atoms with E-state index in [0.717, 1.165) is 6.07 Å². The number of nitrogens with zero attached hydrogens (tertiary/aromatic N) is 2. The minimum atomic E-state index is -1.32. The van der Waals surface area contributed by atoms with E-state index in [4.69, 9.17) is 11.6 Å². The topological polar surface area (TPSA) is 138 Å². The van der Waals surface area contributed by atoms with E-state index >= 15 is 0 Å². The van der Waals surface area contributed by atoms with Crippen LogP contribution in [0, 0.1) is 10.1 Å². The van der Waals surface area contributed by atoms with Crippen molar-refractivity contribution in [3.05, 3.63) is 74.9 Å². The second kappa shape index (κ2) is 7.26. The number of non-ortho nitro benzene ring substituents is 1. The average molecular weight is 387 g/mol. The fourth-order valence-electron chi connectivity index (χ4n) is 2.38. The first kappa shape index (κ1) is 18.1. The fraction of sp³-hybridized carbons (Fsp3) is 0. The number of carboxylic acid groups (broad SMARTS) is 1. The van der Waals surface area contributed by atoms with Gasteiger partial charge in [-0.1, -0.05) is 29.8 Å². The van der Waals surface area contributed by atoms with Gasteiger partial charge in [-0.2, -0.15) is 5.10 Å². The van der Waals surface area contributed by atoms with Crippen molar-refractivity contribution in [2.75, 3.05) is 5.32 Å². The maximum atomic E-state index is 12.5. The molecule has 136 valence electrons. The zero-order valence-electron chi connectivity index (χ0n) is 13.5. The van der Waals surface area contributed by atoms with Crippen LogP contribution in [0.3, 0.4) is 0 Å². The molecule has 0 aliphatic heterocycles. The molecule has 3 aromatic rings. The highest BCUT2D eigenvalue weighted by Gasteiger charge is 2.22. The van der Waals surface area contributed by atoms with Crippen LogP contribution in [0.25, 0.3) is 11.3 Å². The van der Waals surface area contributed by atoms with Crippen molar-refractivity contribution in [1.29, 1.82) is 0 Å². The molecule has 9 nitrogen and oxygen atoms in total. The van der Waals surface area contributed by atoms with Crippen molar-refractivity contribution in [2.45, 2.75) is 0 Å². The molecule has 0 spiro atoms. The summed E-state index contributed by atoms with van der Waals surface area (Å²) in [5.74, 6) is -2.03. The number of nitrogens with one attached hydrogen (secondary N) is 2. The van der Waals surface area contributed by atoms with Crippen molar-refractivity contribution in [3.8, 4) is 11.3 Å². The van der Waals surface area contributed by atoms with Gasteiger partial charge in [0.1, 0.15) is 11.4 Å². The van der Waals surface area contributed by atoms with Crippen molar-refractivity contribution in [3.63, 3.8) is 0 Å². The van der Waals surface area contributed by atoms with Gasteiger partial charge < -0.3 is 10.4 Å². The van der Waals surface area contributed by atoms with Gasteiger partial charge in [-0.05, 0) is 18.2 Å². The summed E-state index contributed by atoms with van der Waals surface area (Å²) in [7, 11) is 0. The number of halogens is 1. The number of anilines is 1. The molecule has 0 aliphatic rings.